The Kier molecular flexibility index (Phi) is 14.8. The minimum Gasteiger partial charge on any atom is -0.494 e. The molecule has 0 unspecified atom stereocenters. The summed E-state index contributed by atoms with van der Waals surface area (Å²) < 4.78 is 12.2. The number of rotatable bonds is 18. The average molecular weight is 499 g/mol. The Labute approximate surface area is 224 Å². The number of hydrogen-bond acceptors (Lipinski definition) is 2. The van der Waals surface area contributed by atoms with Crippen molar-refractivity contribution in [3.05, 3.63) is 24.3 Å². The zero-order valence-corrected chi connectivity index (χ0v) is 24.0. The van der Waals surface area contributed by atoms with Gasteiger partial charge in [0.1, 0.15) is 11.5 Å². The van der Waals surface area contributed by atoms with Gasteiger partial charge in [0, 0.05) is 0 Å². The Morgan fingerprint density at radius 2 is 0.917 bits per heavy atom. The van der Waals surface area contributed by atoms with Crippen molar-refractivity contribution < 1.29 is 9.47 Å². The minimum absolute atomic E-state index is 0.740. The van der Waals surface area contributed by atoms with Gasteiger partial charge in [0.2, 0.25) is 0 Å². The van der Waals surface area contributed by atoms with E-state index in [2.05, 4.69) is 38.1 Å². The van der Waals surface area contributed by atoms with E-state index in [-0.39, 0.29) is 0 Å². The van der Waals surface area contributed by atoms with Gasteiger partial charge >= 0.3 is 0 Å². The topological polar surface area (TPSA) is 18.5 Å². The molecule has 2 saturated carbocycles. The molecule has 0 N–H and O–H groups in total. The van der Waals surface area contributed by atoms with Gasteiger partial charge in [-0.3, -0.25) is 0 Å². The molecule has 2 nitrogen and oxygen atoms in total. The lowest BCUT2D eigenvalue weighted by atomic mass is 9.78. The van der Waals surface area contributed by atoms with Crippen LogP contribution >= 0.6 is 0 Å². The largest absolute Gasteiger partial charge is 0.494 e. The van der Waals surface area contributed by atoms with Gasteiger partial charge in [0.25, 0.3) is 0 Å². The van der Waals surface area contributed by atoms with Crippen LogP contribution < -0.4 is 9.47 Å². The molecule has 1 aromatic rings. The summed E-state index contributed by atoms with van der Waals surface area (Å²) >= 11 is 0. The van der Waals surface area contributed by atoms with Crippen LogP contribution in [0.25, 0.3) is 0 Å². The van der Waals surface area contributed by atoms with E-state index >= 15 is 0 Å². The van der Waals surface area contributed by atoms with E-state index < -0.39 is 0 Å². The maximum atomic E-state index is 6.14. The summed E-state index contributed by atoms with van der Waals surface area (Å²) in [6, 6.07) is 8.37. The standard InChI is InChI=1S/C34H58O2/c1-3-5-7-9-12-29-15-17-31(18-16-29)14-11-27-35-33-23-25-34(26-24-33)36-28-32-21-19-30(20-22-32)13-10-8-6-4-2/h23-26,29-32H,3-22,27-28H2,1-2H3/t29-,30-,31-,32-. The van der Waals surface area contributed by atoms with E-state index in [1.165, 1.54) is 128 Å². The molecule has 0 bridgehead atoms. The SMILES string of the molecule is CCCCCC[C@H]1CC[C@H](CCCOc2ccc(OC[C@H]3CC[C@H](CCCCCC)CC3)cc2)CC1. The molecule has 0 atom stereocenters. The van der Waals surface area contributed by atoms with Gasteiger partial charge in [0.05, 0.1) is 13.2 Å². The van der Waals surface area contributed by atoms with Crippen molar-refractivity contribution in [2.24, 2.45) is 23.7 Å². The lowest BCUT2D eigenvalue weighted by Crippen LogP contribution is -2.20. The van der Waals surface area contributed by atoms with E-state index in [1.807, 2.05) is 0 Å². The maximum Gasteiger partial charge on any atom is 0.119 e. The van der Waals surface area contributed by atoms with Crippen LogP contribution in [0.2, 0.25) is 0 Å². The molecule has 0 amide bonds. The van der Waals surface area contributed by atoms with E-state index in [4.69, 9.17) is 9.47 Å². The van der Waals surface area contributed by atoms with E-state index in [0.717, 1.165) is 48.4 Å². The Balaban J connectivity index is 1.19. The highest BCUT2D eigenvalue weighted by atomic mass is 16.5. The van der Waals surface area contributed by atoms with Crippen LogP contribution in [-0.2, 0) is 0 Å². The molecule has 0 heterocycles. The van der Waals surface area contributed by atoms with Crippen LogP contribution in [0, 0.1) is 23.7 Å². The summed E-state index contributed by atoms with van der Waals surface area (Å²) in [5.74, 6) is 5.66. The van der Waals surface area contributed by atoms with Crippen molar-refractivity contribution in [1.82, 2.24) is 0 Å². The van der Waals surface area contributed by atoms with E-state index in [1.54, 1.807) is 0 Å². The first-order valence-corrected chi connectivity index (χ1v) is 16.1. The lowest BCUT2D eigenvalue weighted by molar-refractivity contribution is 0.177. The van der Waals surface area contributed by atoms with Crippen LogP contribution in [0.4, 0.5) is 0 Å². The molecule has 2 aliphatic rings. The Morgan fingerprint density at radius 1 is 0.500 bits per heavy atom. The zero-order valence-electron chi connectivity index (χ0n) is 24.0. The molecule has 2 fully saturated rings. The fourth-order valence-corrected chi connectivity index (χ4v) is 6.62. The fourth-order valence-electron chi connectivity index (χ4n) is 6.62. The normalized spacial score (nSPS) is 24.5. The molecular weight excluding hydrogens is 440 g/mol. The Morgan fingerprint density at radius 3 is 1.39 bits per heavy atom. The first kappa shape index (κ1) is 29.4. The van der Waals surface area contributed by atoms with Crippen LogP contribution in [0.1, 0.15) is 142 Å². The first-order valence-electron chi connectivity index (χ1n) is 16.1. The monoisotopic (exact) mass is 498 g/mol. The van der Waals surface area contributed by atoms with E-state index in [9.17, 15) is 0 Å². The zero-order chi connectivity index (χ0) is 25.3. The van der Waals surface area contributed by atoms with Crippen molar-refractivity contribution in [1.29, 1.82) is 0 Å². The molecule has 0 radical (unpaired) electrons. The smallest absolute Gasteiger partial charge is 0.119 e. The van der Waals surface area contributed by atoms with Crippen molar-refractivity contribution in [2.75, 3.05) is 13.2 Å². The predicted octanol–water partition coefficient (Wildman–Crippen LogP) is 10.8. The predicted molar refractivity (Wildman–Crippen MR) is 155 cm³/mol. The molecule has 2 heteroatoms. The Hall–Kier alpha value is -1.18. The summed E-state index contributed by atoms with van der Waals surface area (Å²) in [7, 11) is 0. The number of benzene rings is 1. The fraction of sp³-hybridized carbons (Fsp3) is 0.824. The summed E-state index contributed by atoms with van der Waals surface area (Å²) in [4.78, 5) is 0. The number of ether oxygens (including phenoxy) is 2. The summed E-state index contributed by atoms with van der Waals surface area (Å²) in [6.45, 7) is 6.33. The molecule has 206 valence electrons. The first-order chi connectivity index (χ1) is 17.8. The van der Waals surface area contributed by atoms with Crippen molar-refractivity contribution in [3.63, 3.8) is 0 Å². The molecule has 36 heavy (non-hydrogen) atoms. The van der Waals surface area contributed by atoms with Crippen LogP contribution in [0.3, 0.4) is 0 Å². The second-order valence-corrected chi connectivity index (χ2v) is 12.2. The van der Waals surface area contributed by atoms with Crippen LogP contribution in [0.15, 0.2) is 24.3 Å². The summed E-state index contributed by atoms with van der Waals surface area (Å²) in [5, 5.41) is 0. The van der Waals surface area contributed by atoms with Gasteiger partial charge in [-0.25, -0.2) is 0 Å². The second kappa shape index (κ2) is 18.1. The van der Waals surface area contributed by atoms with Gasteiger partial charge < -0.3 is 9.47 Å². The minimum atomic E-state index is 0.740. The highest BCUT2D eigenvalue weighted by Gasteiger charge is 2.22. The molecule has 0 aromatic heterocycles. The van der Waals surface area contributed by atoms with Gasteiger partial charge in [-0.05, 0) is 73.6 Å². The third kappa shape index (κ3) is 11.9. The van der Waals surface area contributed by atoms with Crippen LogP contribution in [-0.4, -0.2) is 13.2 Å². The average Bonchev–Trinajstić information content (AvgIpc) is 2.92. The van der Waals surface area contributed by atoms with Crippen molar-refractivity contribution >= 4 is 0 Å². The second-order valence-electron chi connectivity index (χ2n) is 12.2. The lowest BCUT2D eigenvalue weighted by Gasteiger charge is -2.28. The van der Waals surface area contributed by atoms with Gasteiger partial charge in [0.15, 0.2) is 0 Å². The molecule has 0 spiro atoms. The maximum absolute atomic E-state index is 6.14. The quantitative estimate of drug-likeness (QED) is 0.187. The van der Waals surface area contributed by atoms with Gasteiger partial charge in [-0.15, -0.1) is 0 Å². The molecule has 1 aromatic carbocycles. The van der Waals surface area contributed by atoms with Gasteiger partial charge in [-0.2, -0.15) is 0 Å². The molecular formula is C34H58O2. The van der Waals surface area contributed by atoms with Gasteiger partial charge in [-0.1, -0.05) is 117 Å². The van der Waals surface area contributed by atoms with Crippen molar-refractivity contribution in [3.8, 4) is 11.5 Å². The van der Waals surface area contributed by atoms with Crippen LogP contribution in [0.5, 0.6) is 11.5 Å². The van der Waals surface area contributed by atoms with Crippen molar-refractivity contribution in [2.45, 2.75) is 142 Å². The molecule has 2 aliphatic carbocycles. The summed E-state index contributed by atoms with van der Waals surface area (Å²) in [6.07, 6.45) is 28.1. The molecule has 0 aliphatic heterocycles. The molecule has 3 rings (SSSR count). The third-order valence-electron chi connectivity index (χ3n) is 9.20. The number of hydrogen-bond donors (Lipinski definition) is 0. The third-order valence-corrected chi connectivity index (χ3v) is 9.20. The highest BCUT2D eigenvalue weighted by molar-refractivity contribution is 5.31. The summed E-state index contributed by atoms with van der Waals surface area (Å²) in [5.41, 5.74) is 0. The molecule has 0 saturated heterocycles. The Bertz CT molecular complexity index is 638. The van der Waals surface area contributed by atoms with E-state index in [0.29, 0.717) is 0 Å². The number of unbranched alkanes of at least 4 members (excludes halogenated alkanes) is 6. The highest BCUT2D eigenvalue weighted by Crippen LogP contribution is 2.35.